The number of fused-ring (bicyclic) bond motifs is 1. The number of nitrogens with zero attached hydrogens (tertiary/aromatic N) is 4. The molecule has 3 heterocycles. The van der Waals surface area contributed by atoms with Crippen LogP contribution in [0.4, 0.5) is 4.39 Å². The molecule has 0 unspecified atom stereocenters. The molecule has 1 saturated heterocycles. The van der Waals surface area contributed by atoms with Crippen LogP contribution in [0.5, 0.6) is 5.75 Å². The summed E-state index contributed by atoms with van der Waals surface area (Å²) in [5.41, 5.74) is 0.996. The number of amides is 1. The number of hydrogen-bond donors (Lipinski definition) is 1. The van der Waals surface area contributed by atoms with Gasteiger partial charge in [0.15, 0.2) is 11.0 Å². The van der Waals surface area contributed by atoms with Crippen molar-refractivity contribution in [2.45, 2.75) is 12.8 Å². The summed E-state index contributed by atoms with van der Waals surface area (Å²) >= 11 is 1.31. The molecule has 0 aliphatic carbocycles. The molecule has 2 aromatic carbocycles. The predicted molar refractivity (Wildman–Crippen MR) is 124 cm³/mol. The van der Waals surface area contributed by atoms with Crippen LogP contribution in [0.25, 0.3) is 6.08 Å². The van der Waals surface area contributed by atoms with Gasteiger partial charge in [0.25, 0.3) is 5.91 Å². The second-order valence-corrected chi connectivity index (χ2v) is 8.50. The van der Waals surface area contributed by atoms with E-state index in [2.05, 4.69) is 15.0 Å². The van der Waals surface area contributed by atoms with Gasteiger partial charge in [-0.3, -0.25) is 10.2 Å². The third-order valence-corrected chi connectivity index (χ3v) is 6.27. The predicted octanol–water partition coefficient (Wildman–Crippen LogP) is 3.72. The molecule has 3 aliphatic heterocycles. The number of hydrogen-bond acceptors (Lipinski definition) is 7. The molecule has 0 atom stereocenters. The Hall–Kier alpha value is -3.79. The second-order valence-electron chi connectivity index (χ2n) is 7.56. The molecule has 1 amide bonds. The molecule has 0 bridgehead atoms. The van der Waals surface area contributed by atoms with E-state index in [1.165, 1.54) is 41.0 Å². The highest BCUT2D eigenvalue weighted by Crippen LogP contribution is 2.31. The number of aliphatic imine (C=N–C) groups is 1. The minimum Gasteiger partial charge on any atom is -0.423 e. The number of carbonyl (C=O) groups is 2. The van der Waals surface area contributed by atoms with E-state index < -0.39 is 17.7 Å². The first-order chi connectivity index (χ1) is 16.0. The number of hydrazone groups is 1. The fraction of sp³-hybridized carbons (Fsp3) is 0.174. The Balaban J connectivity index is 1.31. The van der Waals surface area contributed by atoms with E-state index >= 15 is 0 Å². The number of halogens is 1. The van der Waals surface area contributed by atoms with E-state index in [9.17, 15) is 14.0 Å². The number of amidine groups is 3. The van der Waals surface area contributed by atoms with Crippen molar-refractivity contribution in [2.75, 3.05) is 13.1 Å². The molecule has 5 rings (SSSR count). The molecule has 10 heteroatoms. The zero-order valence-corrected chi connectivity index (χ0v) is 18.1. The fourth-order valence-electron chi connectivity index (χ4n) is 3.57. The van der Waals surface area contributed by atoms with Gasteiger partial charge in [-0.1, -0.05) is 12.1 Å². The first kappa shape index (κ1) is 21.1. The molecule has 0 aromatic heterocycles. The lowest BCUT2D eigenvalue weighted by Crippen LogP contribution is -2.35. The van der Waals surface area contributed by atoms with Crippen molar-refractivity contribution < 1.29 is 18.7 Å². The van der Waals surface area contributed by atoms with E-state index in [-0.39, 0.29) is 17.0 Å². The number of likely N-dealkylation sites (tertiary alicyclic amines) is 1. The van der Waals surface area contributed by atoms with Gasteiger partial charge in [-0.2, -0.15) is 10.0 Å². The zero-order chi connectivity index (χ0) is 22.9. The summed E-state index contributed by atoms with van der Waals surface area (Å²) < 4.78 is 18.3. The minimum absolute atomic E-state index is 0.0292. The molecule has 0 spiro atoms. The van der Waals surface area contributed by atoms with Gasteiger partial charge in [0, 0.05) is 13.1 Å². The Kier molecular flexibility index (Phi) is 5.51. The van der Waals surface area contributed by atoms with Crippen LogP contribution in [-0.4, -0.2) is 51.0 Å². The minimum atomic E-state index is -0.606. The highest BCUT2D eigenvalue weighted by atomic mass is 32.2. The van der Waals surface area contributed by atoms with Gasteiger partial charge in [0.1, 0.15) is 11.6 Å². The molecule has 166 valence electrons. The average molecular weight is 463 g/mol. The van der Waals surface area contributed by atoms with Crippen molar-refractivity contribution in [3.8, 4) is 5.75 Å². The van der Waals surface area contributed by atoms with Crippen LogP contribution in [0.1, 0.15) is 28.8 Å². The largest absolute Gasteiger partial charge is 0.423 e. The van der Waals surface area contributed by atoms with Crippen LogP contribution >= 0.6 is 11.8 Å². The first-order valence-electron chi connectivity index (χ1n) is 10.3. The number of esters is 1. The van der Waals surface area contributed by atoms with E-state index in [0.717, 1.165) is 31.1 Å². The molecular formula is C23H18FN5O3S. The standard InChI is InChI=1S/C23H18FN5O3S/c24-16-7-5-15(6-8-16)21(31)32-17-9-3-14(4-10-17)13-18-19(25)29-22(26-20(18)30)33-23(27-29)28-11-1-2-12-28/h3-10,13,25H,1-2,11-12H2/b18-13-,25-19?. The summed E-state index contributed by atoms with van der Waals surface area (Å²) in [6, 6.07) is 11.6. The molecule has 1 fully saturated rings. The molecule has 2 aromatic rings. The van der Waals surface area contributed by atoms with Gasteiger partial charge in [-0.05, 0) is 72.6 Å². The Labute approximate surface area is 192 Å². The quantitative estimate of drug-likeness (QED) is 0.423. The van der Waals surface area contributed by atoms with Gasteiger partial charge in [-0.25, -0.2) is 9.18 Å². The smallest absolute Gasteiger partial charge is 0.343 e. The van der Waals surface area contributed by atoms with Crippen molar-refractivity contribution in [1.29, 1.82) is 5.41 Å². The maximum absolute atomic E-state index is 13.0. The number of ether oxygens (including phenoxy) is 1. The van der Waals surface area contributed by atoms with Gasteiger partial charge in [-0.15, -0.1) is 5.10 Å². The van der Waals surface area contributed by atoms with E-state index in [1.54, 1.807) is 30.3 Å². The number of benzene rings is 2. The van der Waals surface area contributed by atoms with Crippen molar-refractivity contribution >= 4 is 45.9 Å². The third kappa shape index (κ3) is 4.29. The lowest BCUT2D eigenvalue weighted by Gasteiger charge is -2.20. The molecule has 1 N–H and O–H groups in total. The van der Waals surface area contributed by atoms with Crippen molar-refractivity contribution in [1.82, 2.24) is 9.91 Å². The summed E-state index contributed by atoms with van der Waals surface area (Å²) in [6.07, 6.45) is 3.76. The zero-order valence-electron chi connectivity index (χ0n) is 17.3. The molecule has 8 nitrogen and oxygen atoms in total. The highest BCUT2D eigenvalue weighted by Gasteiger charge is 2.37. The molecule has 33 heavy (non-hydrogen) atoms. The van der Waals surface area contributed by atoms with Crippen LogP contribution in [0.15, 0.2) is 64.2 Å². The summed E-state index contributed by atoms with van der Waals surface area (Å²) in [5.74, 6) is -1.27. The van der Waals surface area contributed by atoms with Crippen LogP contribution in [0, 0.1) is 11.2 Å². The SMILES string of the molecule is N=C1/C(=C/c2ccc(OC(=O)c3ccc(F)cc3)cc2)C(=O)N=C2SC(N3CCCC3)=NN12. The van der Waals surface area contributed by atoms with Crippen molar-refractivity contribution in [2.24, 2.45) is 10.1 Å². The Bertz CT molecular complexity index is 1230. The molecule has 0 radical (unpaired) electrons. The van der Waals surface area contributed by atoms with Gasteiger partial charge in [0.05, 0.1) is 11.1 Å². The van der Waals surface area contributed by atoms with Crippen LogP contribution in [0.2, 0.25) is 0 Å². The van der Waals surface area contributed by atoms with E-state index in [4.69, 9.17) is 10.1 Å². The highest BCUT2D eigenvalue weighted by molar-refractivity contribution is 8.26. The number of rotatable bonds is 3. The third-order valence-electron chi connectivity index (χ3n) is 5.30. The van der Waals surface area contributed by atoms with E-state index in [1.807, 2.05) is 0 Å². The lowest BCUT2D eigenvalue weighted by molar-refractivity contribution is -0.114. The number of carbonyl (C=O) groups excluding carboxylic acids is 2. The molecular weight excluding hydrogens is 445 g/mol. The summed E-state index contributed by atoms with van der Waals surface area (Å²) in [4.78, 5) is 31.0. The monoisotopic (exact) mass is 463 g/mol. The van der Waals surface area contributed by atoms with Crippen molar-refractivity contribution in [3.05, 3.63) is 71.0 Å². The Morgan fingerprint density at radius 2 is 1.76 bits per heavy atom. The number of thioether (sulfide) groups is 1. The second kappa shape index (κ2) is 8.62. The maximum atomic E-state index is 13.0. The topological polar surface area (TPSA) is 98.4 Å². The van der Waals surface area contributed by atoms with Crippen LogP contribution in [0.3, 0.4) is 0 Å². The Morgan fingerprint density at radius 3 is 2.45 bits per heavy atom. The van der Waals surface area contributed by atoms with E-state index in [0.29, 0.717) is 16.5 Å². The maximum Gasteiger partial charge on any atom is 0.343 e. The van der Waals surface area contributed by atoms with Gasteiger partial charge >= 0.3 is 5.97 Å². The first-order valence-corrected chi connectivity index (χ1v) is 11.1. The fourth-order valence-corrected chi connectivity index (χ4v) is 4.51. The summed E-state index contributed by atoms with van der Waals surface area (Å²) in [7, 11) is 0. The van der Waals surface area contributed by atoms with Crippen LogP contribution in [-0.2, 0) is 4.79 Å². The lowest BCUT2D eigenvalue weighted by atomic mass is 10.1. The normalized spacial score (nSPS) is 19.0. The molecule has 3 aliphatic rings. The summed E-state index contributed by atoms with van der Waals surface area (Å²) in [6.45, 7) is 1.82. The Morgan fingerprint density at radius 1 is 1.06 bits per heavy atom. The van der Waals surface area contributed by atoms with Gasteiger partial charge in [0.2, 0.25) is 5.17 Å². The van der Waals surface area contributed by atoms with Crippen LogP contribution < -0.4 is 4.74 Å². The van der Waals surface area contributed by atoms with Gasteiger partial charge < -0.3 is 9.64 Å². The van der Waals surface area contributed by atoms with Crippen molar-refractivity contribution in [3.63, 3.8) is 0 Å². The molecule has 0 saturated carbocycles. The summed E-state index contributed by atoms with van der Waals surface area (Å²) in [5, 5.41) is 15.5. The average Bonchev–Trinajstić information content (AvgIpc) is 3.48. The number of nitrogens with one attached hydrogen (secondary N) is 1.